The highest BCUT2D eigenvalue weighted by Crippen LogP contribution is 2.45. The number of methoxy groups -OCH3 is 1. The van der Waals surface area contributed by atoms with Crippen molar-refractivity contribution in [1.29, 1.82) is 0 Å². The van der Waals surface area contributed by atoms with Gasteiger partial charge in [0.25, 0.3) is 0 Å². The van der Waals surface area contributed by atoms with E-state index in [-0.39, 0.29) is 57.2 Å². The number of alkyl halides is 3. The summed E-state index contributed by atoms with van der Waals surface area (Å²) in [6.45, 7) is 23.8. The number of rotatable bonds is 12. The zero-order chi connectivity index (χ0) is 47.6. The standard InChI is InChI=1S/C45H82F3N3O12/c1-15-17-49-23-44(56)30(10)59-33(20-42(44,12)57-14)61-34-27(7)37(63-39-35-31(18-26(6)58-39)51(22-24(3)4)40(62-35)45(46,47)48)41(11,54)19-25(5)21-50-29(9)36(52)43(13,55)32(16-2)60-38(53)28(34)8/h24-37,39-40,49-50,52,54-56H,15-23H2,1-14H3/t25-,26-,27+,28-,29-,30+,31+,32-,33+,34+,35-,36-,37-,39+,40?,41-,42-,43-,44+/m1/s1. The molecule has 4 aliphatic rings. The van der Waals surface area contributed by atoms with Gasteiger partial charge in [-0.1, -0.05) is 41.5 Å². The van der Waals surface area contributed by atoms with Crippen LogP contribution >= 0.6 is 0 Å². The van der Waals surface area contributed by atoms with Crippen molar-refractivity contribution >= 4 is 5.97 Å². The summed E-state index contributed by atoms with van der Waals surface area (Å²) >= 11 is 0. The van der Waals surface area contributed by atoms with Crippen LogP contribution in [0.5, 0.6) is 0 Å². The largest absolute Gasteiger partial charge is 0.459 e. The van der Waals surface area contributed by atoms with Crippen molar-refractivity contribution in [2.24, 2.45) is 23.7 Å². The van der Waals surface area contributed by atoms with Crippen molar-refractivity contribution in [2.75, 3.05) is 33.3 Å². The second-order valence-corrected chi connectivity index (χ2v) is 20.3. The van der Waals surface area contributed by atoms with E-state index in [1.165, 1.54) is 18.9 Å². The molecule has 0 amide bonds. The summed E-state index contributed by atoms with van der Waals surface area (Å²) in [5, 5.41) is 54.5. The number of cyclic esters (lactones) is 1. The Bertz CT molecular complexity index is 1460. The van der Waals surface area contributed by atoms with Gasteiger partial charge in [-0.2, -0.15) is 13.2 Å². The van der Waals surface area contributed by atoms with E-state index in [1.807, 2.05) is 27.7 Å². The summed E-state index contributed by atoms with van der Waals surface area (Å²) in [5.74, 6) is -3.28. The molecule has 0 aromatic carbocycles. The molecule has 4 fully saturated rings. The molecule has 0 saturated carbocycles. The number of esters is 1. The molecule has 0 aromatic rings. The molecule has 0 aromatic heterocycles. The number of nitrogens with zero attached hydrogens (tertiary/aromatic N) is 1. The summed E-state index contributed by atoms with van der Waals surface area (Å²) in [7, 11) is 1.49. The molecule has 4 saturated heterocycles. The number of hydrogen-bond donors (Lipinski definition) is 6. The van der Waals surface area contributed by atoms with Crippen LogP contribution in [-0.2, 0) is 38.0 Å². The van der Waals surface area contributed by atoms with E-state index in [0.717, 1.165) is 6.42 Å². The maximum absolute atomic E-state index is 14.7. The van der Waals surface area contributed by atoms with Gasteiger partial charge in [0.2, 0.25) is 6.23 Å². The molecule has 4 rings (SSSR count). The topological polar surface area (TPSA) is 190 Å². The summed E-state index contributed by atoms with van der Waals surface area (Å²) in [5.41, 5.74) is -6.36. The summed E-state index contributed by atoms with van der Waals surface area (Å²) in [4.78, 5) is 15.8. The van der Waals surface area contributed by atoms with E-state index in [2.05, 4.69) is 10.6 Å². The Morgan fingerprint density at radius 3 is 2.21 bits per heavy atom. The minimum Gasteiger partial charge on any atom is -0.459 e. The molecule has 19 atom stereocenters. The molecule has 370 valence electrons. The number of aliphatic hydroxyl groups excluding tert-OH is 1. The van der Waals surface area contributed by atoms with Gasteiger partial charge in [-0.25, -0.2) is 0 Å². The first-order chi connectivity index (χ1) is 29.1. The van der Waals surface area contributed by atoms with Crippen LogP contribution in [0, 0.1) is 23.7 Å². The Morgan fingerprint density at radius 2 is 1.63 bits per heavy atom. The molecule has 6 N–H and O–H groups in total. The van der Waals surface area contributed by atoms with Gasteiger partial charge in [-0.3, -0.25) is 9.69 Å². The summed E-state index contributed by atoms with van der Waals surface area (Å²) < 4.78 is 88.3. The Hall–Kier alpha value is -1.26. The highest BCUT2D eigenvalue weighted by Gasteiger charge is 2.61. The molecule has 1 unspecified atom stereocenters. The van der Waals surface area contributed by atoms with Gasteiger partial charge < -0.3 is 64.2 Å². The molecule has 0 bridgehead atoms. The van der Waals surface area contributed by atoms with Crippen LogP contribution in [0.2, 0.25) is 0 Å². The van der Waals surface area contributed by atoms with E-state index < -0.39 is 120 Å². The SMILES string of the molecule is CCCNC[C@]1(O)[C@H](C)O[C@@H](O[C@H]2[C@H](C)[C@@H](O[C@@H]3O[C@H](C)C[C@H]4[C@H]3OC(C(F)(F)F)N4CC(C)C)[C@](C)(O)C[C@@H](C)CN[C@H](C)[C@@H](O)[C@](C)(O)[C@@H](CC)OC(=O)[C@@H]2C)C[C@@]1(C)OC. The monoisotopic (exact) mass is 914 g/mol. The Kier molecular flexibility index (Phi) is 18.4. The number of nitrogens with one attached hydrogen (secondary N) is 2. The van der Waals surface area contributed by atoms with E-state index in [4.69, 9.17) is 33.2 Å². The van der Waals surface area contributed by atoms with E-state index >= 15 is 0 Å². The van der Waals surface area contributed by atoms with Gasteiger partial charge >= 0.3 is 12.1 Å². The normalized spacial score (nSPS) is 46.6. The van der Waals surface area contributed by atoms with Gasteiger partial charge in [-0.15, -0.1) is 0 Å². The molecule has 18 heteroatoms. The summed E-state index contributed by atoms with van der Waals surface area (Å²) in [6.07, 6.45) is -15.6. The molecular formula is C45H82F3N3O12. The lowest BCUT2D eigenvalue weighted by atomic mass is 9.75. The number of fused-ring (bicyclic) bond motifs is 1. The maximum Gasteiger partial charge on any atom is 0.428 e. The Morgan fingerprint density at radius 1 is 0.984 bits per heavy atom. The Labute approximate surface area is 373 Å². The lowest BCUT2D eigenvalue weighted by molar-refractivity contribution is -0.336. The van der Waals surface area contributed by atoms with Crippen molar-refractivity contribution in [1.82, 2.24) is 15.5 Å². The quantitative estimate of drug-likeness (QED) is 0.120. The highest BCUT2D eigenvalue weighted by atomic mass is 19.4. The minimum atomic E-state index is -4.71. The van der Waals surface area contributed by atoms with Crippen LogP contribution in [-0.4, -0.2) is 167 Å². The van der Waals surface area contributed by atoms with Gasteiger partial charge in [0.05, 0.1) is 35.9 Å². The zero-order valence-corrected chi connectivity index (χ0v) is 40.2. The fraction of sp³-hybridized carbons (Fsp3) is 0.978. The van der Waals surface area contributed by atoms with Crippen molar-refractivity contribution in [3.63, 3.8) is 0 Å². The molecular weight excluding hydrogens is 831 g/mol. The van der Waals surface area contributed by atoms with Crippen molar-refractivity contribution in [3.05, 3.63) is 0 Å². The van der Waals surface area contributed by atoms with Crippen LogP contribution in [0.4, 0.5) is 13.2 Å². The molecule has 0 spiro atoms. The maximum atomic E-state index is 14.7. The first-order valence-electron chi connectivity index (χ1n) is 23.2. The van der Waals surface area contributed by atoms with Gasteiger partial charge in [-0.05, 0) is 99.1 Å². The first kappa shape index (κ1) is 54.3. The van der Waals surface area contributed by atoms with E-state index in [9.17, 15) is 38.4 Å². The zero-order valence-electron chi connectivity index (χ0n) is 40.2. The number of ether oxygens (including phenoxy) is 7. The minimum absolute atomic E-state index is 0.00942. The van der Waals surface area contributed by atoms with Gasteiger partial charge in [0.15, 0.2) is 12.6 Å². The van der Waals surface area contributed by atoms with Gasteiger partial charge in [0, 0.05) is 44.6 Å². The van der Waals surface area contributed by atoms with Crippen LogP contribution in [0.1, 0.15) is 122 Å². The number of carbonyl (C=O) groups is 1. The van der Waals surface area contributed by atoms with Crippen molar-refractivity contribution in [3.8, 4) is 0 Å². The van der Waals surface area contributed by atoms with Crippen molar-refractivity contribution < 1.29 is 71.5 Å². The number of aliphatic hydroxyl groups is 4. The van der Waals surface area contributed by atoms with E-state index in [0.29, 0.717) is 6.54 Å². The lowest BCUT2D eigenvalue weighted by Crippen LogP contribution is -2.70. The molecule has 63 heavy (non-hydrogen) atoms. The van der Waals surface area contributed by atoms with Gasteiger partial charge in [0.1, 0.15) is 35.1 Å². The number of carbonyl (C=O) groups excluding carboxylic acids is 1. The van der Waals surface area contributed by atoms with Crippen LogP contribution < -0.4 is 10.6 Å². The predicted molar refractivity (Wildman–Crippen MR) is 228 cm³/mol. The average Bonchev–Trinajstić information content (AvgIpc) is 3.55. The van der Waals surface area contributed by atoms with Crippen LogP contribution in [0.15, 0.2) is 0 Å². The van der Waals surface area contributed by atoms with Crippen LogP contribution in [0.3, 0.4) is 0 Å². The Balaban J connectivity index is 1.84. The third-order valence-corrected chi connectivity index (χ3v) is 14.2. The molecule has 4 heterocycles. The second kappa shape index (κ2) is 21.4. The molecule has 0 aliphatic carbocycles. The average molecular weight is 914 g/mol. The number of halogens is 3. The fourth-order valence-electron chi connectivity index (χ4n) is 10.5. The summed E-state index contributed by atoms with van der Waals surface area (Å²) in [6, 6.07) is -1.40. The van der Waals surface area contributed by atoms with Crippen molar-refractivity contribution in [2.45, 2.75) is 224 Å². The van der Waals surface area contributed by atoms with E-state index in [1.54, 1.807) is 55.4 Å². The third kappa shape index (κ3) is 12.1. The third-order valence-electron chi connectivity index (χ3n) is 14.2. The fourth-order valence-corrected chi connectivity index (χ4v) is 10.5. The lowest BCUT2D eigenvalue weighted by Gasteiger charge is -2.53. The second-order valence-electron chi connectivity index (χ2n) is 20.3. The molecule has 0 radical (unpaired) electrons. The molecule has 4 aliphatic heterocycles. The number of hydrogen-bond acceptors (Lipinski definition) is 15. The van der Waals surface area contributed by atoms with Crippen LogP contribution in [0.25, 0.3) is 0 Å². The molecule has 15 nitrogen and oxygen atoms in total. The highest BCUT2D eigenvalue weighted by molar-refractivity contribution is 5.73. The first-order valence-corrected chi connectivity index (χ1v) is 23.2. The predicted octanol–water partition coefficient (Wildman–Crippen LogP) is 4.25. The smallest absolute Gasteiger partial charge is 0.428 e.